The first kappa shape index (κ1) is 19.3. The van der Waals surface area contributed by atoms with Crippen molar-refractivity contribution in [2.24, 2.45) is 5.73 Å². The predicted octanol–water partition coefficient (Wildman–Crippen LogP) is 3.11. The van der Waals surface area contributed by atoms with Crippen LogP contribution in [0.2, 0.25) is 0 Å². The number of amides is 1. The number of carbonyl (C=O) groups is 1. The lowest BCUT2D eigenvalue weighted by Gasteiger charge is -2.27. The van der Waals surface area contributed by atoms with Crippen molar-refractivity contribution in [3.63, 3.8) is 0 Å². The van der Waals surface area contributed by atoms with E-state index in [0.29, 0.717) is 12.8 Å². The van der Waals surface area contributed by atoms with E-state index in [9.17, 15) is 18.0 Å². The topological polar surface area (TPSA) is 64.3 Å². The van der Waals surface area contributed by atoms with Crippen molar-refractivity contribution in [3.05, 3.63) is 29.8 Å². The Morgan fingerprint density at radius 1 is 1.26 bits per heavy atom. The third kappa shape index (κ3) is 5.42. The van der Waals surface area contributed by atoms with Crippen LogP contribution in [-0.4, -0.2) is 24.1 Å². The number of hydrogen-bond donors (Lipinski definition) is 2. The number of benzene rings is 1. The molecule has 130 valence electrons. The zero-order valence-electron chi connectivity index (χ0n) is 13.5. The van der Waals surface area contributed by atoms with Crippen molar-refractivity contribution in [1.82, 2.24) is 5.32 Å². The van der Waals surface area contributed by atoms with Gasteiger partial charge in [0.05, 0.1) is 5.56 Å². The van der Waals surface area contributed by atoms with Gasteiger partial charge in [0, 0.05) is 12.1 Å². The van der Waals surface area contributed by atoms with Crippen molar-refractivity contribution in [3.8, 4) is 5.75 Å². The molecule has 0 spiro atoms. The molecule has 0 aliphatic carbocycles. The Labute approximate surface area is 134 Å². The summed E-state index contributed by atoms with van der Waals surface area (Å²) in [4.78, 5) is 12.0. The second-order valence-corrected chi connectivity index (χ2v) is 5.54. The number of carbonyl (C=O) groups excluding carboxylic acids is 1. The standard InChI is InChI=1S/C16H23F3N2O2/c1-4-15(20,5-2)10-21-14(22)11(3)23-13-9-7-6-8-12(13)16(17,18)19/h6-9,11H,4-5,10,20H2,1-3H3,(H,21,22). The molecule has 1 amide bonds. The fourth-order valence-electron chi connectivity index (χ4n) is 1.95. The average Bonchev–Trinajstić information content (AvgIpc) is 2.51. The summed E-state index contributed by atoms with van der Waals surface area (Å²) in [5.41, 5.74) is 4.64. The number of ether oxygens (including phenoxy) is 1. The van der Waals surface area contributed by atoms with Crippen LogP contribution in [0.5, 0.6) is 5.75 Å². The molecule has 0 saturated carbocycles. The lowest BCUT2D eigenvalue weighted by molar-refractivity contribution is -0.140. The van der Waals surface area contributed by atoms with Gasteiger partial charge in [0.2, 0.25) is 0 Å². The van der Waals surface area contributed by atoms with Gasteiger partial charge in [-0.15, -0.1) is 0 Å². The van der Waals surface area contributed by atoms with Gasteiger partial charge >= 0.3 is 6.18 Å². The van der Waals surface area contributed by atoms with Gasteiger partial charge < -0.3 is 15.8 Å². The molecule has 0 heterocycles. The van der Waals surface area contributed by atoms with Crippen LogP contribution >= 0.6 is 0 Å². The molecule has 0 radical (unpaired) electrons. The molecule has 3 N–H and O–H groups in total. The molecule has 0 aromatic heterocycles. The van der Waals surface area contributed by atoms with E-state index in [1.165, 1.54) is 25.1 Å². The second kappa shape index (κ2) is 7.68. The van der Waals surface area contributed by atoms with E-state index < -0.39 is 29.3 Å². The van der Waals surface area contributed by atoms with Crippen molar-refractivity contribution in [2.45, 2.75) is 51.4 Å². The third-order valence-corrected chi connectivity index (χ3v) is 3.89. The van der Waals surface area contributed by atoms with Crippen LogP contribution in [0.1, 0.15) is 39.2 Å². The number of para-hydroxylation sites is 1. The molecule has 1 unspecified atom stereocenters. The van der Waals surface area contributed by atoms with Gasteiger partial charge in [0.15, 0.2) is 6.10 Å². The molecule has 4 nitrogen and oxygen atoms in total. The van der Waals surface area contributed by atoms with Crippen LogP contribution in [0, 0.1) is 0 Å². The van der Waals surface area contributed by atoms with Gasteiger partial charge in [0.25, 0.3) is 5.91 Å². The molecule has 23 heavy (non-hydrogen) atoms. The second-order valence-electron chi connectivity index (χ2n) is 5.54. The van der Waals surface area contributed by atoms with E-state index >= 15 is 0 Å². The number of nitrogens with one attached hydrogen (secondary N) is 1. The van der Waals surface area contributed by atoms with E-state index in [-0.39, 0.29) is 12.3 Å². The van der Waals surface area contributed by atoms with Crippen LogP contribution in [0.3, 0.4) is 0 Å². The molecule has 1 rings (SSSR count). The van der Waals surface area contributed by atoms with Crippen LogP contribution in [0.4, 0.5) is 13.2 Å². The minimum atomic E-state index is -4.54. The van der Waals surface area contributed by atoms with Crippen LogP contribution in [0.25, 0.3) is 0 Å². The summed E-state index contributed by atoms with van der Waals surface area (Å²) < 4.78 is 43.9. The van der Waals surface area contributed by atoms with Crippen molar-refractivity contribution in [2.75, 3.05) is 6.54 Å². The molecule has 1 aromatic rings. The lowest BCUT2D eigenvalue weighted by atomic mass is 9.94. The van der Waals surface area contributed by atoms with Crippen LogP contribution in [0.15, 0.2) is 24.3 Å². The van der Waals surface area contributed by atoms with Gasteiger partial charge in [-0.25, -0.2) is 0 Å². The first-order valence-corrected chi connectivity index (χ1v) is 7.52. The zero-order valence-corrected chi connectivity index (χ0v) is 13.5. The first-order valence-electron chi connectivity index (χ1n) is 7.52. The summed E-state index contributed by atoms with van der Waals surface area (Å²) >= 11 is 0. The van der Waals surface area contributed by atoms with E-state index in [1.807, 2.05) is 13.8 Å². The van der Waals surface area contributed by atoms with Crippen LogP contribution in [-0.2, 0) is 11.0 Å². The third-order valence-electron chi connectivity index (χ3n) is 3.89. The number of rotatable bonds is 7. The van der Waals surface area contributed by atoms with E-state index in [1.54, 1.807) is 0 Å². The number of nitrogens with two attached hydrogens (primary N) is 1. The molecule has 1 atom stereocenters. The Morgan fingerprint density at radius 3 is 2.35 bits per heavy atom. The minimum Gasteiger partial charge on any atom is -0.480 e. The molecule has 1 aromatic carbocycles. The number of alkyl halides is 3. The number of halogens is 3. The highest BCUT2D eigenvalue weighted by molar-refractivity contribution is 5.80. The minimum absolute atomic E-state index is 0.244. The highest BCUT2D eigenvalue weighted by Crippen LogP contribution is 2.36. The fourth-order valence-corrected chi connectivity index (χ4v) is 1.95. The maximum atomic E-state index is 12.9. The Bertz CT molecular complexity index is 528. The molecule has 0 fully saturated rings. The maximum Gasteiger partial charge on any atom is 0.419 e. The molecular formula is C16H23F3N2O2. The van der Waals surface area contributed by atoms with Gasteiger partial charge in [-0.05, 0) is 31.9 Å². The average molecular weight is 332 g/mol. The summed E-state index contributed by atoms with van der Waals surface area (Å²) in [6.45, 7) is 5.47. The van der Waals surface area contributed by atoms with E-state index in [4.69, 9.17) is 10.5 Å². The molecule has 0 bridgehead atoms. The molecule has 7 heteroatoms. The van der Waals surface area contributed by atoms with Gasteiger partial charge in [-0.2, -0.15) is 13.2 Å². The van der Waals surface area contributed by atoms with Gasteiger partial charge in [0.1, 0.15) is 5.75 Å². The van der Waals surface area contributed by atoms with Gasteiger partial charge in [-0.3, -0.25) is 4.79 Å². The smallest absolute Gasteiger partial charge is 0.419 e. The highest BCUT2D eigenvalue weighted by atomic mass is 19.4. The monoisotopic (exact) mass is 332 g/mol. The normalized spacial score (nSPS) is 13.5. The lowest BCUT2D eigenvalue weighted by Crippen LogP contribution is -2.51. The maximum absolute atomic E-state index is 12.9. The number of hydrogen-bond acceptors (Lipinski definition) is 3. The van der Waals surface area contributed by atoms with Crippen LogP contribution < -0.4 is 15.8 Å². The Hall–Kier alpha value is -1.76. The van der Waals surface area contributed by atoms with E-state index in [2.05, 4.69) is 5.32 Å². The Kier molecular flexibility index (Phi) is 6.44. The quantitative estimate of drug-likeness (QED) is 0.806. The van der Waals surface area contributed by atoms with Gasteiger partial charge in [-0.1, -0.05) is 26.0 Å². The first-order chi connectivity index (χ1) is 10.6. The molecule has 0 aliphatic heterocycles. The molecule has 0 saturated heterocycles. The van der Waals surface area contributed by atoms with E-state index in [0.717, 1.165) is 6.07 Å². The van der Waals surface area contributed by atoms with Crippen molar-refractivity contribution in [1.29, 1.82) is 0 Å². The molecular weight excluding hydrogens is 309 g/mol. The summed E-state index contributed by atoms with van der Waals surface area (Å²) in [5.74, 6) is -0.869. The van der Waals surface area contributed by atoms with Crippen molar-refractivity contribution < 1.29 is 22.7 Å². The summed E-state index contributed by atoms with van der Waals surface area (Å²) in [6, 6.07) is 4.80. The van der Waals surface area contributed by atoms with Crippen molar-refractivity contribution >= 4 is 5.91 Å². The Balaban J connectivity index is 2.73. The zero-order chi connectivity index (χ0) is 17.7. The predicted molar refractivity (Wildman–Crippen MR) is 82.0 cm³/mol. The SMILES string of the molecule is CCC(N)(CC)CNC(=O)C(C)Oc1ccccc1C(F)(F)F. The fraction of sp³-hybridized carbons (Fsp3) is 0.562. The summed E-state index contributed by atoms with van der Waals surface area (Å²) in [6.07, 6.45) is -4.24. The largest absolute Gasteiger partial charge is 0.480 e. The summed E-state index contributed by atoms with van der Waals surface area (Å²) in [5, 5.41) is 2.63. The highest BCUT2D eigenvalue weighted by Gasteiger charge is 2.35. The summed E-state index contributed by atoms with van der Waals surface area (Å²) in [7, 11) is 0. The molecule has 0 aliphatic rings. The Morgan fingerprint density at radius 2 is 1.83 bits per heavy atom.